The number of benzene rings is 1. The summed E-state index contributed by atoms with van der Waals surface area (Å²) >= 11 is 0. The van der Waals surface area contributed by atoms with Crippen LogP contribution in [-0.4, -0.2) is 41.9 Å². The first-order valence-electron chi connectivity index (χ1n) is 8.31. The van der Waals surface area contributed by atoms with Crippen LogP contribution in [0.25, 0.3) is 5.57 Å². The summed E-state index contributed by atoms with van der Waals surface area (Å²) in [6.45, 7) is 8.28. The SMILES string of the molecule is Cc1ccc(C2=CC3COCC(C2)N3C(=O)OC(C)(C)C)c(F)c1. The Labute approximate surface area is 142 Å². The number of morpholine rings is 1. The topological polar surface area (TPSA) is 38.8 Å². The molecule has 0 radical (unpaired) electrons. The minimum atomic E-state index is -0.542. The molecule has 2 bridgehead atoms. The van der Waals surface area contributed by atoms with Gasteiger partial charge < -0.3 is 9.47 Å². The maximum Gasteiger partial charge on any atom is 0.411 e. The van der Waals surface area contributed by atoms with Crippen LogP contribution in [0.15, 0.2) is 24.3 Å². The molecule has 0 spiro atoms. The molecule has 0 N–H and O–H groups in total. The second-order valence-corrected chi connectivity index (χ2v) is 7.53. The number of ether oxygens (including phenoxy) is 2. The molecule has 2 aliphatic rings. The maximum absolute atomic E-state index is 14.3. The number of rotatable bonds is 1. The molecule has 1 fully saturated rings. The van der Waals surface area contributed by atoms with Crippen molar-refractivity contribution < 1.29 is 18.7 Å². The molecule has 0 aromatic heterocycles. The Hall–Kier alpha value is -1.88. The molecule has 5 heteroatoms. The minimum absolute atomic E-state index is 0.126. The number of aryl methyl sites for hydroxylation is 1. The molecule has 130 valence electrons. The molecule has 4 nitrogen and oxygen atoms in total. The molecule has 1 aromatic carbocycles. The Morgan fingerprint density at radius 2 is 2.08 bits per heavy atom. The standard InChI is InChI=1S/C19H24FNO3/c1-12-5-6-16(17(20)7-12)13-8-14-10-23-11-15(9-13)21(14)18(22)24-19(2,3)4/h5-8,14-15H,9-11H2,1-4H3. The van der Waals surface area contributed by atoms with Gasteiger partial charge in [0, 0.05) is 5.56 Å². The van der Waals surface area contributed by atoms with Crippen molar-refractivity contribution in [3.63, 3.8) is 0 Å². The molecular formula is C19H24FNO3. The van der Waals surface area contributed by atoms with Crippen molar-refractivity contribution in [1.29, 1.82) is 0 Å². The van der Waals surface area contributed by atoms with Gasteiger partial charge in [-0.25, -0.2) is 9.18 Å². The third kappa shape index (κ3) is 3.46. The number of hydrogen-bond donors (Lipinski definition) is 0. The fraction of sp³-hybridized carbons (Fsp3) is 0.526. The van der Waals surface area contributed by atoms with E-state index in [0.717, 1.165) is 11.1 Å². The number of amides is 1. The van der Waals surface area contributed by atoms with E-state index in [-0.39, 0.29) is 24.0 Å². The van der Waals surface area contributed by atoms with Gasteiger partial charge in [0.25, 0.3) is 0 Å². The molecule has 2 unspecified atom stereocenters. The van der Waals surface area contributed by atoms with Gasteiger partial charge in [0.2, 0.25) is 0 Å². The Morgan fingerprint density at radius 1 is 1.33 bits per heavy atom. The average molecular weight is 333 g/mol. The average Bonchev–Trinajstić information content (AvgIpc) is 2.44. The van der Waals surface area contributed by atoms with Crippen LogP contribution in [-0.2, 0) is 9.47 Å². The lowest BCUT2D eigenvalue weighted by atomic mass is 9.89. The predicted molar refractivity (Wildman–Crippen MR) is 90.2 cm³/mol. The van der Waals surface area contributed by atoms with Crippen LogP contribution in [0.5, 0.6) is 0 Å². The van der Waals surface area contributed by atoms with Gasteiger partial charge in [0.05, 0.1) is 25.3 Å². The van der Waals surface area contributed by atoms with Gasteiger partial charge in [0.15, 0.2) is 0 Å². The first kappa shape index (κ1) is 17.0. The summed E-state index contributed by atoms with van der Waals surface area (Å²) < 4.78 is 25.4. The van der Waals surface area contributed by atoms with E-state index in [2.05, 4.69) is 0 Å². The van der Waals surface area contributed by atoms with E-state index in [4.69, 9.17) is 9.47 Å². The molecule has 2 heterocycles. The lowest BCUT2D eigenvalue weighted by Crippen LogP contribution is -2.57. The highest BCUT2D eigenvalue weighted by Crippen LogP contribution is 2.34. The van der Waals surface area contributed by atoms with Gasteiger partial charge in [-0.15, -0.1) is 0 Å². The predicted octanol–water partition coefficient (Wildman–Crippen LogP) is 3.93. The van der Waals surface area contributed by atoms with Crippen LogP contribution in [0.1, 0.15) is 38.3 Å². The zero-order chi connectivity index (χ0) is 17.5. The fourth-order valence-corrected chi connectivity index (χ4v) is 3.28. The molecule has 1 saturated heterocycles. The Kier molecular flexibility index (Phi) is 4.38. The van der Waals surface area contributed by atoms with Crippen molar-refractivity contribution in [3.05, 3.63) is 41.2 Å². The lowest BCUT2D eigenvalue weighted by Gasteiger charge is -2.44. The number of carbonyl (C=O) groups is 1. The van der Waals surface area contributed by atoms with Crippen molar-refractivity contribution >= 4 is 11.7 Å². The normalized spacial score (nSPS) is 23.7. The van der Waals surface area contributed by atoms with Crippen molar-refractivity contribution in [1.82, 2.24) is 4.90 Å². The van der Waals surface area contributed by atoms with E-state index in [1.807, 2.05) is 45.9 Å². The van der Waals surface area contributed by atoms with Crippen LogP contribution in [0.3, 0.4) is 0 Å². The summed E-state index contributed by atoms with van der Waals surface area (Å²) in [6.07, 6.45) is 2.17. The molecule has 2 atom stereocenters. The van der Waals surface area contributed by atoms with Crippen LogP contribution in [0.4, 0.5) is 9.18 Å². The maximum atomic E-state index is 14.3. The van der Waals surface area contributed by atoms with Gasteiger partial charge in [-0.2, -0.15) is 0 Å². The number of hydrogen-bond acceptors (Lipinski definition) is 3. The van der Waals surface area contributed by atoms with Gasteiger partial charge in [-0.1, -0.05) is 18.2 Å². The Bertz CT molecular complexity index is 678. The summed E-state index contributed by atoms with van der Waals surface area (Å²) in [5, 5.41) is 0. The number of fused-ring (bicyclic) bond motifs is 2. The highest BCUT2D eigenvalue weighted by atomic mass is 19.1. The first-order chi connectivity index (χ1) is 11.2. The second-order valence-electron chi connectivity index (χ2n) is 7.53. The minimum Gasteiger partial charge on any atom is -0.444 e. The Morgan fingerprint density at radius 3 is 2.71 bits per heavy atom. The molecule has 1 amide bonds. The largest absolute Gasteiger partial charge is 0.444 e. The van der Waals surface area contributed by atoms with Crippen LogP contribution in [0, 0.1) is 12.7 Å². The summed E-state index contributed by atoms with van der Waals surface area (Å²) in [7, 11) is 0. The summed E-state index contributed by atoms with van der Waals surface area (Å²) in [6, 6.07) is 4.92. The van der Waals surface area contributed by atoms with Crippen LogP contribution in [0.2, 0.25) is 0 Å². The smallest absolute Gasteiger partial charge is 0.411 e. The molecule has 3 rings (SSSR count). The van der Waals surface area contributed by atoms with E-state index < -0.39 is 5.60 Å². The molecule has 1 aromatic rings. The van der Waals surface area contributed by atoms with Crippen molar-refractivity contribution in [2.75, 3.05) is 13.2 Å². The summed E-state index contributed by atoms with van der Waals surface area (Å²) in [5.41, 5.74) is 1.90. The zero-order valence-corrected chi connectivity index (χ0v) is 14.6. The lowest BCUT2D eigenvalue weighted by molar-refractivity contribution is -0.0510. The molecular weight excluding hydrogens is 309 g/mol. The van der Waals surface area contributed by atoms with Gasteiger partial charge in [0.1, 0.15) is 11.4 Å². The van der Waals surface area contributed by atoms with E-state index in [1.165, 1.54) is 0 Å². The van der Waals surface area contributed by atoms with E-state index in [0.29, 0.717) is 25.2 Å². The quantitative estimate of drug-likeness (QED) is 0.782. The number of nitrogens with zero attached hydrogens (tertiary/aromatic N) is 1. The van der Waals surface area contributed by atoms with E-state index in [9.17, 15) is 9.18 Å². The van der Waals surface area contributed by atoms with Gasteiger partial charge in [-0.05, 0) is 51.3 Å². The van der Waals surface area contributed by atoms with Crippen LogP contribution < -0.4 is 0 Å². The van der Waals surface area contributed by atoms with Crippen molar-refractivity contribution in [2.45, 2.75) is 51.8 Å². The third-order valence-corrected chi connectivity index (χ3v) is 4.27. The molecule has 2 aliphatic heterocycles. The van der Waals surface area contributed by atoms with Crippen LogP contribution >= 0.6 is 0 Å². The summed E-state index contributed by atoms with van der Waals surface area (Å²) in [4.78, 5) is 14.3. The fourth-order valence-electron chi connectivity index (χ4n) is 3.28. The van der Waals surface area contributed by atoms with E-state index >= 15 is 0 Å². The highest BCUT2D eigenvalue weighted by molar-refractivity contribution is 5.75. The molecule has 0 aliphatic carbocycles. The molecule has 24 heavy (non-hydrogen) atoms. The highest BCUT2D eigenvalue weighted by Gasteiger charge is 2.40. The zero-order valence-electron chi connectivity index (χ0n) is 14.6. The van der Waals surface area contributed by atoms with Crippen molar-refractivity contribution in [3.8, 4) is 0 Å². The molecule has 0 saturated carbocycles. The third-order valence-electron chi connectivity index (χ3n) is 4.27. The van der Waals surface area contributed by atoms with Crippen molar-refractivity contribution in [2.24, 2.45) is 0 Å². The van der Waals surface area contributed by atoms with E-state index in [1.54, 1.807) is 11.0 Å². The second kappa shape index (κ2) is 6.20. The number of carbonyl (C=O) groups excluding carboxylic acids is 1. The monoisotopic (exact) mass is 333 g/mol. The first-order valence-corrected chi connectivity index (χ1v) is 8.31. The summed E-state index contributed by atoms with van der Waals surface area (Å²) in [5.74, 6) is -0.217. The Balaban J connectivity index is 1.88. The number of halogens is 1. The van der Waals surface area contributed by atoms with Gasteiger partial charge >= 0.3 is 6.09 Å². The van der Waals surface area contributed by atoms with Gasteiger partial charge in [-0.3, -0.25) is 4.90 Å².